The van der Waals surface area contributed by atoms with E-state index in [2.05, 4.69) is 59.5 Å². The Morgan fingerprint density at radius 1 is 1.25 bits per heavy atom. The van der Waals surface area contributed by atoms with Crippen LogP contribution < -0.4 is 10.6 Å². The molecule has 1 amide bonds. The molecule has 1 fully saturated rings. The van der Waals surface area contributed by atoms with Crippen LogP contribution in [0.2, 0.25) is 0 Å². The molecule has 0 saturated heterocycles. The van der Waals surface area contributed by atoms with Crippen LogP contribution in [0.4, 0.5) is 5.69 Å². The van der Waals surface area contributed by atoms with E-state index >= 15 is 0 Å². The van der Waals surface area contributed by atoms with Crippen molar-refractivity contribution in [3.8, 4) is 0 Å². The third kappa shape index (κ3) is 5.30. The molecule has 4 nitrogen and oxygen atoms in total. The summed E-state index contributed by atoms with van der Waals surface area (Å²) in [5.41, 5.74) is 3.13. The Kier molecular flexibility index (Phi) is 6.46. The number of hydrogen-bond donors (Lipinski definition) is 3. The first-order valence-corrected chi connectivity index (χ1v) is 9.48. The molecule has 1 aromatic carbocycles. The van der Waals surface area contributed by atoms with Crippen LogP contribution in [0.15, 0.2) is 16.6 Å². The van der Waals surface area contributed by atoms with Gasteiger partial charge in [-0.1, -0.05) is 36.7 Å². The van der Waals surface area contributed by atoms with Crippen LogP contribution in [0.25, 0.3) is 0 Å². The predicted octanol–water partition coefficient (Wildman–Crippen LogP) is 4.10. The Morgan fingerprint density at radius 2 is 1.88 bits per heavy atom. The number of aliphatic hydroxyl groups excluding tert-OH is 1. The van der Waals surface area contributed by atoms with E-state index in [0.717, 1.165) is 41.4 Å². The van der Waals surface area contributed by atoms with Gasteiger partial charge in [-0.15, -0.1) is 0 Å². The number of hydrogen-bond acceptors (Lipinski definition) is 3. The molecule has 134 valence electrons. The van der Waals surface area contributed by atoms with E-state index < -0.39 is 0 Å². The summed E-state index contributed by atoms with van der Waals surface area (Å²) in [5, 5.41) is 16.2. The second-order valence-electron chi connectivity index (χ2n) is 7.81. The summed E-state index contributed by atoms with van der Waals surface area (Å²) < 4.78 is 1.07. The molecule has 1 saturated carbocycles. The molecule has 2 rings (SSSR count). The van der Waals surface area contributed by atoms with Crippen molar-refractivity contribution in [1.82, 2.24) is 5.32 Å². The molecule has 0 radical (unpaired) electrons. The molecule has 1 aliphatic carbocycles. The maximum atomic E-state index is 11.6. The SMILES string of the molecule is CC(=O)Nc1cc(C(C)(C)C)c(Br)cc1CNC1CCC(O)CC1. The van der Waals surface area contributed by atoms with Crippen molar-refractivity contribution in [3.05, 3.63) is 27.7 Å². The van der Waals surface area contributed by atoms with Crippen molar-refractivity contribution in [3.63, 3.8) is 0 Å². The van der Waals surface area contributed by atoms with Gasteiger partial charge in [0.05, 0.1) is 6.10 Å². The van der Waals surface area contributed by atoms with Crippen molar-refractivity contribution in [1.29, 1.82) is 0 Å². The summed E-state index contributed by atoms with van der Waals surface area (Å²) >= 11 is 3.68. The van der Waals surface area contributed by atoms with Gasteiger partial charge < -0.3 is 15.7 Å². The molecule has 0 bridgehead atoms. The van der Waals surface area contributed by atoms with Crippen molar-refractivity contribution < 1.29 is 9.90 Å². The maximum Gasteiger partial charge on any atom is 0.221 e. The van der Waals surface area contributed by atoms with E-state index in [4.69, 9.17) is 0 Å². The quantitative estimate of drug-likeness (QED) is 0.717. The topological polar surface area (TPSA) is 61.4 Å². The number of nitrogens with one attached hydrogen (secondary N) is 2. The molecule has 0 unspecified atom stereocenters. The van der Waals surface area contributed by atoms with Crippen LogP contribution in [0.1, 0.15) is 64.5 Å². The highest BCUT2D eigenvalue weighted by Crippen LogP contribution is 2.34. The first kappa shape index (κ1) is 19.4. The van der Waals surface area contributed by atoms with Gasteiger partial charge in [0.15, 0.2) is 0 Å². The molecule has 5 heteroatoms. The van der Waals surface area contributed by atoms with Gasteiger partial charge in [0.1, 0.15) is 0 Å². The van der Waals surface area contributed by atoms with Gasteiger partial charge in [-0.05, 0) is 54.4 Å². The number of rotatable bonds is 4. The third-order valence-corrected chi connectivity index (χ3v) is 5.25. The lowest BCUT2D eigenvalue weighted by Gasteiger charge is -2.27. The number of amides is 1. The van der Waals surface area contributed by atoms with Crippen LogP contribution in [-0.2, 0) is 16.8 Å². The highest BCUT2D eigenvalue weighted by Gasteiger charge is 2.22. The van der Waals surface area contributed by atoms with E-state index in [-0.39, 0.29) is 17.4 Å². The third-order valence-electron chi connectivity index (χ3n) is 4.59. The van der Waals surface area contributed by atoms with E-state index in [9.17, 15) is 9.90 Å². The molecular weight excluding hydrogens is 368 g/mol. The first-order valence-electron chi connectivity index (χ1n) is 8.68. The molecule has 1 aliphatic rings. The van der Waals surface area contributed by atoms with E-state index in [1.54, 1.807) is 6.92 Å². The summed E-state index contributed by atoms with van der Waals surface area (Å²) in [6.07, 6.45) is 3.58. The smallest absolute Gasteiger partial charge is 0.221 e. The van der Waals surface area contributed by atoms with E-state index in [1.807, 2.05) is 0 Å². The molecule has 0 heterocycles. The van der Waals surface area contributed by atoms with Crippen LogP contribution >= 0.6 is 15.9 Å². The largest absolute Gasteiger partial charge is 0.393 e. The predicted molar refractivity (Wildman–Crippen MR) is 102 cm³/mol. The highest BCUT2D eigenvalue weighted by molar-refractivity contribution is 9.10. The maximum absolute atomic E-state index is 11.6. The second kappa shape index (κ2) is 7.98. The fourth-order valence-electron chi connectivity index (χ4n) is 3.18. The normalized spacial score (nSPS) is 21.6. The van der Waals surface area contributed by atoms with E-state index in [0.29, 0.717) is 12.6 Å². The molecular formula is C19H29BrN2O2. The van der Waals surface area contributed by atoms with Gasteiger partial charge in [-0.25, -0.2) is 0 Å². The number of anilines is 1. The zero-order chi connectivity index (χ0) is 17.9. The minimum atomic E-state index is -0.141. The van der Waals surface area contributed by atoms with Gasteiger partial charge >= 0.3 is 0 Å². The van der Waals surface area contributed by atoms with E-state index in [1.165, 1.54) is 5.56 Å². The molecule has 0 aliphatic heterocycles. The summed E-state index contributed by atoms with van der Waals surface area (Å²) in [6.45, 7) is 8.74. The number of aliphatic hydroxyl groups is 1. The van der Waals surface area contributed by atoms with Crippen molar-refractivity contribution in [2.45, 2.75) is 77.5 Å². The molecule has 1 aromatic rings. The lowest BCUT2D eigenvalue weighted by molar-refractivity contribution is -0.114. The van der Waals surface area contributed by atoms with Gasteiger partial charge in [0.2, 0.25) is 5.91 Å². The first-order chi connectivity index (χ1) is 11.2. The fraction of sp³-hybridized carbons (Fsp3) is 0.632. The molecule has 0 aromatic heterocycles. The highest BCUT2D eigenvalue weighted by atomic mass is 79.9. The number of benzene rings is 1. The van der Waals surface area contributed by atoms with Gasteiger partial charge in [-0.3, -0.25) is 4.79 Å². The standard InChI is InChI=1S/C19H29BrN2O2/c1-12(23)22-18-10-16(19(2,3)4)17(20)9-13(18)11-21-14-5-7-15(24)8-6-14/h9-10,14-15,21,24H,5-8,11H2,1-4H3,(H,22,23). The van der Waals surface area contributed by atoms with Crippen molar-refractivity contribution in [2.24, 2.45) is 0 Å². The van der Waals surface area contributed by atoms with Gasteiger partial charge in [-0.2, -0.15) is 0 Å². The molecule has 3 N–H and O–H groups in total. The summed E-state index contributed by atoms with van der Waals surface area (Å²) in [7, 11) is 0. The lowest BCUT2D eigenvalue weighted by atomic mass is 9.86. The molecule has 0 atom stereocenters. The van der Waals surface area contributed by atoms with Crippen molar-refractivity contribution >= 4 is 27.5 Å². The van der Waals surface area contributed by atoms with Crippen LogP contribution in [-0.4, -0.2) is 23.2 Å². The number of carbonyl (C=O) groups excluding carboxylic acids is 1. The zero-order valence-electron chi connectivity index (χ0n) is 15.1. The summed E-state index contributed by atoms with van der Waals surface area (Å²) in [5.74, 6) is -0.0563. The Bertz CT molecular complexity index is 588. The average Bonchev–Trinajstić information content (AvgIpc) is 2.47. The monoisotopic (exact) mass is 396 g/mol. The molecule has 24 heavy (non-hydrogen) atoms. The van der Waals surface area contributed by atoms with Gasteiger partial charge in [0, 0.05) is 29.7 Å². The fourth-order valence-corrected chi connectivity index (χ4v) is 4.16. The number of carbonyl (C=O) groups is 1. The average molecular weight is 397 g/mol. The molecule has 0 spiro atoms. The minimum Gasteiger partial charge on any atom is -0.393 e. The van der Waals surface area contributed by atoms with Crippen LogP contribution in [0.3, 0.4) is 0 Å². The van der Waals surface area contributed by atoms with Gasteiger partial charge in [0.25, 0.3) is 0 Å². The summed E-state index contributed by atoms with van der Waals surface area (Å²) in [4.78, 5) is 11.6. The van der Waals surface area contributed by atoms with Crippen molar-refractivity contribution in [2.75, 3.05) is 5.32 Å². The Balaban J connectivity index is 2.18. The zero-order valence-corrected chi connectivity index (χ0v) is 16.7. The second-order valence-corrected chi connectivity index (χ2v) is 8.66. The summed E-state index contributed by atoms with van der Waals surface area (Å²) in [6, 6.07) is 4.61. The number of halogens is 1. The lowest BCUT2D eigenvalue weighted by Crippen LogP contribution is -2.34. The Labute approximate surface area is 153 Å². The van der Waals surface area contributed by atoms with Crippen LogP contribution in [0.5, 0.6) is 0 Å². The Hall–Kier alpha value is -0.910. The van der Waals surface area contributed by atoms with Crippen LogP contribution in [0, 0.1) is 0 Å². The Morgan fingerprint density at radius 3 is 2.42 bits per heavy atom. The minimum absolute atomic E-state index is 0.00246.